The molecule has 0 aliphatic heterocycles. The van der Waals surface area contributed by atoms with E-state index in [1.165, 1.54) is 7.11 Å². The Kier molecular flexibility index (Phi) is 9.84. The molecule has 2 aromatic carbocycles. The smallest absolute Gasteiger partial charge is 0.305 e. The molecular formula is C22H28BrNO4S. The van der Waals surface area contributed by atoms with Crippen LogP contribution in [0.5, 0.6) is 0 Å². The van der Waals surface area contributed by atoms with Crippen molar-refractivity contribution >= 4 is 31.9 Å². The first-order valence-corrected chi connectivity index (χ1v) is 12.1. The highest BCUT2D eigenvalue weighted by molar-refractivity contribution is 9.10. The molecule has 0 radical (unpaired) electrons. The van der Waals surface area contributed by atoms with Gasteiger partial charge in [-0.15, -0.1) is 0 Å². The number of carbonyl (C=O) groups is 1. The molecular weight excluding hydrogens is 454 g/mol. The number of methoxy groups -OCH3 is 1. The lowest BCUT2D eigenvalue weighted by molar-refractivity contribution is -0.140. The van der Waals surface area contributed by atoms with Crippen LogP contribution in [0.3, 0.4) is 0 Å². The van der Waals surface area contributed by atoms with Crippen molar-refractivity contribution < 1.29 is 17.9 Å². The van der Waals surface area contributed by atoms with E-state index in [1.54, 1.807) is 24.3 Å². The predicted octanol–water partition coefficient (Wildman–Crippen LogP) is 5.37. The van der Waals surface area contributed by atoms with E-state index < -0.39 is 10.0 Å². The second-order valence-electron chi connectivity index (χ2n) is 6.92. The van der Waals surface area contributed by atoms with Crippen LogP contribution in [0.15, 0.2) is 64.0 Å². The topological polar surface area (TPSA) is 72.5 Å². The van der Waals surface area contributed by atoms with Gasteiger partial charge in [-0.3, -0.25) is 4.79 Å². The maximum atomic E-state index is 12.8. The Morgan fingerprint density at radius 1 is 0.966 bits per heavy atom. The van der Waals surface area contributed by atoms with Gasteiger partial charge >= 0.3 is 5.97 Å². The van der Waals surface area contributed by atoms with Gasteiger partial charge in [-0.25, -0.2) is 13.1 Å². The van der Waals surface area contributed by atoms with Gasteiger partial charge in [0.25, 0.3) is 0 Å². The molecule has 0 saturated heterocycles. The average molecular weight is 482 g/mol. The van der Waals surface area contributed by atoms with Gasteiger partial charge in [0.1, 0.15) is 0 Å². The van der Waals surface area contributed by atoms with Crippen molar-refractivity contribution in [3.05, 3.63) is 64.6 Å². The predicted molar refractivity (Wildman–Crippen MR) is 118 cm³/mol. The number of carbonyl (C=O) groups excluding carboxylic acids is 1. The SMILES string of the molecule is COC(=O)CCCCCCCC(NS(=O)(=O)c1ccc(Br)cc1)c1ccccc1. The van der Waals surface area contributed by atoms with E-state index in [9.17, 15) is 13.2 Å². The fourth-order valence-corrected chi connectivity index (χ4v) is 4.62. The first kappa shape index (κ1) is 23.6. The van der Waals surface area contributed by atoms with Gasteiger partial charge in [-0.2, -0.15) is 0 Å². The summed E-state index contributed by atoms with van der Waals surface area (Å²) in [5.41, 5.74) is 0.957. The number of esters is 1. The minimum absolute atomic E-state index is 0.170. The maximum absolute atomic E-state index is 12.8. The zero-order chi connectivity index (χ0) is 21.1. The number of ether oxygens (including phenoxy) is 1. The first-order chi connectivity index (χ1) is 13.9. The van der Waals surface area contributed by atoms with Crippen LogP contribution in [0, 0.1) is 0 Å². The molecule has 1 N–H and O–H groups in total. The largest absolute Gasteiger partial charge is 0.469 e. The Morgan fingerprint density at radius 3 is 2.24 bits per heavy atom. The standard InChI is InChI=1S/C22H28BrNO4S/c1-28-22(25)13-9-4-2-3-8-12-21(18-10-6-5-7-11-18)24-29(26,27)20-16-14-19(23)15-17-20/h5-7,10-11,14-17,21,24H,2-4,8-9,12-13H2,1H3. The van der Waals surface area contributed by atoms with Crippen LogP contribution >= 0.6 is 15.9 Å². The summed E-state index contributed by atoms with van der Waals surface area (Å²) in [4.78, 5) is 11.4. The summed E-state index contributed by atoms with van der Waals surface area (Å²) in [6.45, 7) is 0. The number of hydrogen-bond acceptors (Lipinski definition) is 4. The van der Waals surface area contributed by atoms with Gasteiger partial charge < -0.3 is 4.74 Å². The van der Waals surface area contributed by atoms with Crippen LogP contribution in [0.4, 0.5) is 0 Å². The van der Waals surface area contributed by atoms with E-state index in [-0.39, 0.29) is 16.9 Å². The monoisotopic (exact) mass is 481 g/mol. The van der Waals surface area contributed by atoms with E-state index in [1.807, 2.05) is 30.3 Å². The summed E-state index contributed by atoms with van der Waals surface area (Å²) < 4.78 is 34.0. The van der Waals surface area contributed by atoms with E-state index in [0.29, 0.717) is 6.42 Å². The molecule has 158 valence electrons. The molecule has 5 nitrogen and oxygen atoms in total. The Balaban J connectivity index is 1.92. The summed E-state index contributed by atoms with van der Waals surface area (Å²) in [6, 6.07) is 16.0. The minimum atomic E-state index is -3.61. The van der Waals surface area contributed by atoms with Gasteiger partial charge in [0.15, 0.2) is 0 Å². The Morgan fingerprint density at radius 2 is 1.59 bits per heavy atom. The summed E-state index contributed by atoms with van der Waals surface area (Å²) >= 11 is 3.33. The van der Waals surface area contributed by atoms with Crippen LogP contribution in [0.25, 0.3) is 0 Å². The number of sulfonamides is 1. The highest BCUT2D eigenvalue weighted by Gasteiger charge is 2.21. The quantitative estimate of drug-likeness (QED) is 0.326. The maximum Gasteiger partial charge on any atom is 0.305 e. The van der Waals surface area contributed by atoms with Crippen molar-refractivity contribution in [3.8, 4) is 0 Å². The third-order valence-electron chi connectivity index (χ3n) is 4.72. The molecule has 1 atom stereocenters. The fraction of sp³-hybridized carbons (Fsp3) is 0.409. The summed E-state index contributed by atoms with van der Waals surface area (Å²) in [6.07, 6.45) is 5.87. The van der Waals surface area contributed by atoms with Gasteiger partial charge in [-0.1, -0.05) is 71.9 Å². The zero-order valence-corrected chi connectivity index (χ0v) is 19.0. The molecule has 0 spiro atoms. The Hall–Kier alpha value is -1.70. The lowest BCUT2D eigenvalue weighted by atomic mass is 10.0. The molecule has 0 fully saturated rings. The van der Waals surface area contributed by atoms with Crippen molar-refractivity contribution in [2.45, 2.75) is 55.9 Å². The van der Waals surface area contributed by atoms with Crippen LogP contribution in [-0.4, -0.2) is 21.5 Å². The molecule has 0 heterocycles. The van der Waals surface area contributed by atoms with Gasteiger partial charge in [0, 0.05) is 16.9 Å². The van der Waals surface area contributed by atoms with Crippen molar-refractivity contribution in [1.82, 2.24) is 4.72 Å². The van der Waals surface area contributed by atoms with Crippen molar-refractivity contribution in [3.63, 3.8) is 0 Å². The van der Waals surface area contributed by atoms with E-state index in [4.69, 9.17) is 0 Å². The molecule has 0 bridgehead atoms. The van der Waals surface area contributed by atoms with E-state index in [2.05, 4.69) is 25.4 Å². The molecule has 0 amide bonds. The average Bonchev–Trinajstić information content (AvgIpc) is 2.72. The number of rotatable bonds is 12. The number of hydrogen-bond donors (Lipinski definition) is 1. The number of nitrogens with one attached hydrogen (secondary N) is 1. The minimum Gasteiger partial charge on any atom is -0.469 e. The molecule has 29 heavy (non-hydrogen) atoms. The van der Waals surface area contributed by atoms with Crippen LogP contribution in [0.2, 0.25) is 0 Å². The Bertz CT molecular complexity index is 854. The summed E-state index contributed by atoms with van der Waals surface area (Å²) in [5.74, 6) is -0.170. The Labute approximate surface area is 182 Å². The van der Waals surface area contributed by atoms with Crippen LogP contribution < -0.4 is 4.72 Å². The zero-order valence-electron chi connectivity index (χ0n) is 16.6. The van der Waals surface area contributed by atoms with E-state index >= 15 is 0 Å². The van der Waals surface area contributed by atoms with Crippen LogP contribution in [0.1, 0.15) is 56.6 Å². The lowest BCUT2D eigenvalue weighted by Gasteiger charge is -2.19. The summed E-state index contributed by atoms with van der Waals surface area (Å²) in [5, 5.41) is 0. The van der Waals surface area contributed by atoms with Crippen LogP contribution in [-0.2, 0) is 19.6 Å². The molecule has 0 aliphatic carbocycles. The van der Waals surface area contributed by atoms with Crippen molar-refractivity contribution in [2.75, 3.05) is 7.11 Å². The highest BCUT2D eigenvalue weighted by atomic mass is 79.9. The fourth-order valence-electron chi connectivity index (χ4n) is 3.10. The van der Waals surface area contributed by atoms with Crippen molar-refractivity contribution in [1.29, 1.82) is 0 Å². The molecule has 2 rings (SSSR count). The molecule has 2 aromatic rings. The van der Waals surface area contributed by atoms with Gasteiger partial charge in [0.2, 0.25) is 10.0 Å². The molecule has 1 unspecified atom stereocenters. The van der Waals surface area contributed by atoms with Crippen molar-refractivity contribution in [2.24, 2.45) is 0 Å². The van der Waals surface area contributed by atoms with E-state index in [0.717, 1.165) is 48.6 Å². The number of unbranched alkanes of at least 4 members (excludes halogenated alkanes) is 4. The normalized spacial score (nSPS) is 12.5. The lowest BCUT2D eigenvalue weighted by Crippen LogP contribution is -2.28. The van der Waals surface area contributed by atoms with Gasteiger partial charge in [0.05, 0.1) is 12.0 Å². The second kappa shape index (κ2) is 12.1. The second-order valence-corrected chi connectivity index (χ2v) is 9.55. The third kappa shape index (κ3) is 8.28. The molecule has 0 aromatic heterocycles. The summed E-state index contributed by atoms with van der Waals surface area (Å²) in [7, 11) is -2.21. The first-order valence-electron chi connectivity index (χ1n) is 9.82. The molecule has 7 heteroatoms. The third-order valence-corrected chi connectivity index (χ3v) is 6.74. The molecule has 0 aliphatic rings. The van der Waals surface area contributed by atoms with Gasteiger partial charge in [-0.05, 0) is 42.7 Å². The molecule has 0 saturated carbocycles. The highest BCUT2D eigenvalue weighted by Crippen LogP contribution is 2.24. The number of benzene rings is 2. The number of halogens is 1.